The van der Waals surface area contributed by atoms with Crippen molar-refractivity contribution in [1.29, 1.82) is 0 Å². The Bertz CT molecular complexity index is 293. The zero-order chi connectivity index (χ0) is 9.84. The summed E-state index contributed by atoms with van der Waals surface area (Å²) in [5.74, 6) is -1.52. The first-order valence-corrected chi connectivity index (χ1v) is 3.82. The Morgan fingerprint density at radius 3 is 2.77 bits per heavy atom. The largest absolute Gasteiger partial charge is 0.396 e. The number of hydrogen-bond donors (Lipinski definition) is 2. The summed E-state index contributed by atoms with van der Waals surface area (Å²) in [6, 6.07) is 0.0325. The van der Waals surface area contributed by atoms with E-state index in [0.29, 0.717) is 0 Å². The molecule has 72 valence electrons. The van der Waals surface area contributed by atoms with E-state index in [1.54, 1.807) is 0 Å². The number of aliphatic hydroxyl groups excluding tert-OH is 1. The van der Waals surface area contributed by atoms with Gasteiger partial charge in [-0.3, -0.25) is 4.98 Å². The Balaban J connectivity index is 2.88. The highest BCUT2D eigenvalue weighted by atomic mass is 19.1. The molecular weight excluding hydrogens is 178 g/mol. The summed E-state index contributed by atoms with van der Waals surface area (Å²) < 4.78 is 25.4. The first kappa shape index (κ1) is 10.0. The Morgan fingerprint density at radius 1 is 1.54 bits per heavy atom. The molecule has 0 saturated heterocycles. The van der Waals surface area contributed by atoms with Crippen LogP contribution in [0.4, 0.5) is 8.78 Å². The number of halogens is 2. The highest BCUT2D eigenvalue weighted by Crippen LogP contribution is 2.15. The molecule has 0 spiro atoms. The van der Waals surface area contributed by atoms with Crippen LogP contribution in [0.1, 0.15) is 18.2 Å². The lowest BCUT2D eigenvalue weighted by Crippen LogP contribution is -2.15. The third-order valence-corrected chi connectivity index (χ3v) is 1.63. The molecule has 0 aliphatic rings. The Labute approximate surface area is 74.2 Å². The number of hydrogen-bond acceptors (Lipinski definition) is 3. The van der Waals surface area contributed by atoms with Gasteiger partial charge in [-0.25, -0.2) is 8.78 Å². The predicted octanol–water partition coefficient (Wildman–Crippen LogP) is 0.742. The van der Waals surface area contributed by atoms with Gasteiger partial charge in [0, 0.05) is 12.7 Å². The molecule has 0 aliphatic heterocycles. The maximum absolute atomic E-state index is 13.0. The van der Waals surface area contributed by atoms with E-state index in [1.807, 2.05) is 0 Å². The minimum Gasteiger partial charge on any atom is -0.396 e. The predicted molar refractivity (Wildman–Crippen MR) is 42.8 cm³/mol. The van der Waals surface area contributed by atoms with Crippen LogP contribution in [0.15, 0.2) is 12.3 Å². The normalized spacial score (nSPS) is 12.9. The fourth-order valence-corrected chi connectivity index (χ4v) is 0.974. The van der Waals surface area contributed by atoms with Crippen LogP contribution < -0.4 is 5.73 Å². The fourth-order valence-electron chi connectivity index (χ4n) is 0.974. The second-order valence-electron chi connectivity index (χ2n) is 2.64. The van der Waals surface area contributed by atoms with Crippen molar-refractivity contribution in [3.05, 3.63) is 29.6 Å². The van der Waals surface area contributed by atoms with E-state index in [2.05, 4.69) is 4.98 Å². The molecule has 0 bridgehead atoms. The van der Waals surface area contributed by atoms with Crippen LogP contribution in [0.2, 0.25) is 0 Å². The Morgan fingerprint density at radius 2 is 2.23 bits per heavy atom. The summed E-state index contributed by atoms with van der Waals surface area (Å²) in [6.45, 7) is -0.153. The smallest absolute Gasteiger partial charge is 0.149 e. The molecule has 3 N–H and O–H groups in total. The highest BCUT2D eigenvalue weighted by molar-refractivity contribution is 5.12. The lowest BCUT2D eigenvalue weighted by atomic mass is 10.1. The molecule has 1 atom stereocenters. The summed E-state index contributed by atoms with van der Waals surface area (Å²) in [4.78, 5) is 3.51. The molecule has 1 aromatic heterocycles. The van der Waals surface area contributed by atoms with Crippen LogP contribution in [0.3, 0.4) is 0 Å². The van der Waals surface area contributed by atoms with Gasteiger partial charge in [-0.05, 0) is 6.42 Å². The van der Waals surface area contributed by atoms with Gasteiger partial charge < -0.3 is 10.8 Å². The van der Waals surface area contributed by atoms with E-state index in [0.717, 1.165) is 12.3 Å². The molecule has 0 fully saturated rings. The highest BCUT2D eigenvalue weighted by Gasteiger charge is 2.12. The Hall–Kier alpha value is -1.07. The number of rotatable bonds is 3. The van der Waals surface area contributed by atoms with Gasteiger partial charge in [0.05, 0.1) is 17.9 Å². The second kappa shape index (κ2) is 4.25. The maximum atomic E-state index is 13.0. The topological polar surface area (TPSA) is 59.1 Å². The van der Waals surface area contributed by atoms with E-state index in [4.69, 9.17) is 10.8 Å². The summed E-state index contributed by atoms with van der Waals surface area (Å²) >= 11 is 0. The third-order valence-electron chi connectivity index (χ3n) is 1.63. The average Bonchev–Trinajstić information content (AvgIpc) is 2.04. The number of aromatic nitrogens is 1. The number of pyridine rings is 1. The van der Waals surface area contributed by atoms with E-state index < -0.39 is 17.7 Å². The van der Waals surface area contributed by atoms with Crippen LogP contribution in [0.5, 0.6) is 0 Å². The zero-order valence-electron chi connectivity index (χ0n) is 6.87. The molecule has 0 saturated carbocycles. The van der Waals surface area contributed by atoms with E-state index in [-0.39, 0.29) is 18.7 Å². The van der Waals surface area contributed by atoms with Gasteiger partial charge >= 0.3 is 0 Å². The van der Waals surface area contributed by atoms with E-state index in [9.17, 15) is 8.78 Å². The van der Waals surface area contributed by atoms with Crippen molar-refractivity contribution in [1.82, 2.24) is 4.98 Å². The van der Waals surface area contributed by atoms with Crippen molar-refractivity contribution in [2.45, 2.75) is 12.5 Å². The standard InChI is InChI=1S/C8H10F2N2O/c9-5-3-6(10)8(12-4-5)7(11)1-2-13/h3-4,7,13H,1-2,11H2/t7-/m0/s1. The van der Waals surface area contributed by atoms with Crippen molar-refractivity contribution in [3.63, 3.8) is 0 Å². The third kappa shape index (κ3) is 2.43. The first-order chi connectivity index (χ1) is 6.15. The van der Waals surface area contributed by atoms with Crippen molar-refractivity contribution in [3.8, 4) is 0 Å². The SMILES string of the molecule is N[C@@H](CCO)c1ncc(F)cc1F. The molecule has 0 unspecified atom stereocenters. The van der Waals surface area contributed by atoms with Crippen LogP contribution in [-0.2, 0) is 0 Å². The number of aliphatic hydroxyl groups is 1. The van der Waals surface area contributed by atoms with Gasteiger partial charge in [-0.1, -0.05) is 0 Å². The van der Waals surface area contributed by atoms with Gasteiger partial charge in [0.25, 0.3) is 0 Å². The molecule has 5 heteroatoms. The van der Waals surface area contributed by atoms with Gasteiger partial charge in [0.2, 0.25) is 0 Å². The van der Waals surface area contributed by atoms with Crippen molar-refractivity contribution >= 4 is 0 Å². The lowest BCUT2D eigenvalue weighted by molar-refractivity contribution is 0.274. The first-order valence-electron chi connectivity index (χ1n) is 3.82. The quantitative estimate of drug-likeness (QED) is 0.735. The lowest BCUT2D eigenvalue weighted by Gasteiger charge is -2.09. The van der Waals surface area contributed by atoms with Gasteiger partial charge in [0.15, 0.2) is 0 Å². The minimum absolute atomic E-state index is 0.0181. The van der Waals surface area contributed by atoms with E-state index >= 15 is 0 Å². The fraction of sp³-hybridized carbons (Fsp3) is 0.375. The van der Waals surface area contributed by atoms with Gasteiger partial charge in [-0.2, -0.15) is 0 Å². The molecule has 13 heavy (non-hydrogen) atoms. The maximum Gasteiger partial charge on any atom is 0.149 e. The molecule has 0 amide bonds. The van der Waals surface area contributed by atoms with E-state index in [1.165, 1.54) is 0 Å². The molecule has 0 aliphatic carbocycles. The van der Waals surface area contributed by atoms with Crippen molar-refractivity contribution in [2.24, 2.45) is 5.73 Å². The summed E-state index contributed by atoms with van der Waals surface area (Å²) in [6.07, 6.45) is 1.10. The van der Waals surface area contributed by atoms with Crippen molar-refractivity contribution < 1.29 is 13.9 Å². The minimum atomic E-state index is -0.777. The number of nitrogens with zero attached hydrogens (tertiary/aromatic N) is 1. The Kier molecular flexibility index (Phi) is 3.27. The van der Waals surface area contributed by atoms with Gasteiger partial charge in [0.1, 0.15) is 11.6 Å². The molecule has 0 radical (unpaired) electrons. The second-order valence-corrected chi connectivity index (χ2v) is 2.64. The van der Waals surface area contributed by atoms with Crippen LogP contribution in [0, 0.1) is 11.6 Å². The molecule has 0 aromatic carbocycles. The monoisotopic (exact) mass is 188 g/mol. The average molecular weight is 188 g/mol. The molecule has 3 nitrogen and oxygen atoms in total. The summed E-state index contributed by atoms with van der Waals surface area (Å²) in [7, 11) is 0. The molecule has 1 aromatic rings. The summed E-state index contributed by atoms with van der Waals surface area (Å²) in [5, 5.41) is 8.54. The molecule has 1 rings (SSSR count). The van der Waals surface area contributed by atoms with Gasteiger partial charge in [-0.15, -0.1) is 0 Å². The summed E-state index contributed by atoms with van der Waals surface area (Å²) in [5.41, 5.74) is 5.45. The zero-order valence-corrected chi connectivity index (χ0v) is 6.87. The number of nitrogens with two attached hydrogens (primary N) is 1. The van der Waals surface area contributed by atoms with Crippen LogP contribution in [0.25, 0.3) is 0 Å². The van der Waals surface area contributed by atoms with Crippen LogP contribution >= 0.6 is 0 Å². The van der Waals surface area contributed by atoms with Crippen LogP contribution in [-0.4, -0.2) is 16.7 Å². The van der Waals surface area contributed by atoms with Crippen molar-refractivity contribution in [2.75, 3.05) is 6.61 Å². The molecule has 1 heterocycles. The molecular formula is C8H10F2N2O.